The van der Waals surface area contributed by atoms with Gasteiger partial charge >= 0.3 is 0 Å². The predicted octanol–water partition coefficient (Wildman–Crippen LogP) is 4.28. The monoisotopic (exact) mass is 364 g/mol. The molecule has 0 saturated heterocycles. The minimum Gasteiger partial charge on any atom is -0.366 e. The average Bonchev–Trinajstić information content (AvgIpc) is 2.90. The lowest BCUT2D eigenvalue weighted by molar-refractivity contribution is 0.102. The van der Waals surface area contributed by atoms with Crippen molar-refractivity contribution in [3.63, 3.8) is 0 Å². The second kappa shape index (κ2) is 8.16. The molecule has 1 aromatic heterocycles. The van der Waals surface area contributed by atoms with Crippen molar-refractivity contribution in [2.45, 2.75) is 44.6 Å². The number of carbonyl (C=O) groups is 1. The molecule has 0 spiro atoms. The van der Waals surface area contributed by atoms with E-state index in [-0.39, 0.29) is 5.82 Å². The van der Waals surface area contributed by atoms with Crippen molar-refractivity contribution in [2.24, 2.45) is 0 Å². The van der Waals surface area contributed by atoms with Gasteiger partial charge in [0.05, 0.1) is 5.56 Å². The number of nitrogens with zero attached hydrogens (tertiary/aromatic N) is 2. The summed E-state index contributed by atoms with van der Waals surface area (Å²) in [4.78, 5) is 12.0. The van der Waals surface area contributed by atoms with Crippen LogP contribution in [0.5, 0.6) is 0 Å². The van der Waals surface area contributed by atoms with Crippen LogP contribution in [0.15, 0.2) is 24.3 Å². The molecule has 3 rings (SSSR count). The second-order valence-electron chi connectivity index (χ2n) is 6.31. The van der Waals surface area contributed by atoms with Crippen LogP contribution in [-0.2, 0) is 0 Å². The molecule has 0 radical (unpaired) electrons. The Labute approximate surface area is 149 Å². The molecule has 1 amide bonds. The topological polar surface area (TPSA) is 66.9 Å². The van der Waals surface area contributed by atoms with E-state index in [0.717, 1.165) is 18.9 Å². The number of nitrogens with one attached hydrogen (secondary N) is 2. The minimum atomic E-state index is -1.69. The molecule has 0 atom stereocenters. The molecule has 8 heteroatoms. The number of anilines is 2. The largest absolute Gasteiger partial charge is 0.366 e. The first-order valence-corrected chi connectivity index (χ1v) is 8.59. The summed E-state index contributed by atoms with van der Waals surface area (Å²) >= 11 is 0. The maximum Gasteiger partial charge on any atom is 0.259 e. The number of benzene rings is 1. The number of aromatic nitrogens is 2. The average molecular weight is 364 g/mol. The lowest BCUT2D eigenvalue weighted by Crippen LogP contribution is -2.20. The molecule has 1 fully saturated rings. The van der Waals surface area contributed by atoms with Gasteiger partial charge in [0, 0.05) is 6.04 Å². The molecule has 2 aromatic rings. The van der Waals surface area contributed by atoms with E-state index in [2.05, 4.69) is 20.8 Å². The Bertz CT molecular complexity index is 775. The van der Waals surface area contributed by atoms with Crippen LogP contribution in [-0.4, -0.2) is 22.1 Å². The van der Waals surface area contributed by atoms with Gasteiger partial charge in [-0.15, -0.1) is 10.2 Å². The van der Waals surface area contributed by atoms with Crippen molar-refractivity contribution in [1.82, 2.24) is 10.2 Å². The molecule has 1 aliphatic rings. The fourth-order valence-electron chi connectivity index (χ4n) is 2.99. The second-order valence-corrected chi connectivity index (χ2v) is 6.31. The third-order valence-corrected chi connectivity index (χ3v) is 4.39. The van der Waals surface area contributed by atoms with Gasteiger partial charge in [-0.05, 0) is 37.1 Å². The molecule has 0 unspecified atom stereocenters. The van der Waals surface area contributed by atoms with E-state index < -0.39 is 28.9 Å². The van der Waals surface area contributed by atoms with Crippen LogP contribution >= 0.6 is 0 Å². The van der Waals surface area contributed by atoms with Crippen molar-refractivity contribution in [3.8, 4) is 0 Å². The smallest absolute Gasteiger partial charge is 0.259 e. The van der Waals surface area contributed by atoms with Crippen LogP contribution in [0.1, 0.15) is 48.9 Å². The molecule has 2 N–H and O–H groups in total. The van der Waals surface area contributed by atoms with Crippen molar-refractivity contribution in [2.75, 3.05) is 10.6 Å². The van der Waals surface area contributed by atoms with Gasteiger partial charge in [0.2, 0.25) is 0 Å². The van der Waals surface area contributed by atoms with Crippen molar-refractivity contribution < 1.29 is 18.0 Å². The molecule has 0 aliphatic heterocycles. The lowest BCUT2D eigenvalue weighted by atomic mass is 10.1. The maximum atomic E-state index is 13.7. The van der Waals surface area contributed by atoms with E-state index >= 15 is 0 Å². The van der Waals surface area contributed by atoms with Crippen LogP contribution in [0, 0.1) is 17.5 Å². The highest BCUT2D eigenvalue weighted by Crippen LogP contribution is 2.21. The Morgan fingerprint density at radius 1 is 0.885 bits per heavy atom. The van der Waals surface area contributed by atoms with Gasteiger partial charge < -0.3 is 10.6 Å². The number of amides is 1. The fourth-order valence-corrected chi connectivity index (χ4v) is 2.99. The number of rotatable bonds is 4. The summed E-state index contributed by atoms with van der Waals surface area (Å²) in [6.45, 7) is 0. The van der Waals surface area contributed by atoms with Crippen LogP contribution in [0.3, 0.4) is 0 Å². The summed E-state index contributed by atoms with van der Waals surface area (Å²) in [5.74, 6) is -4.83. The summed E-state index contributed by atoms with van der Waals surface area (Å²) in [5.41, 5.74) is -0.605. The highest BCUT2D eigenvalue weighted by molar-refractivity contribution is 6.03. The van der Waals surface area contributed by atoms with Gasteiger partial charge in [-0.25, -0.2) is 13.2 Å². The predicted molar refractivity (Wildman–Crippen MR) is 91.4 cm³/mol. The third kappa shape index (κ3) is 4.30. The van der Waals surface area contributed by atoms with E-state index in [9.17, 15) is 18.0 Å². The first-order valence-electron chi connectivity index (χ1n) is 8.59. The normalized spacial score (nSPS) is 15.3. The Morgan fingerprint density at radius 3 is 2.19 bits per heavy atom. The third-order valence-electron chi connectivity index (χ3n) is 4.39. The van der Waals surface area contributed by atoms with E-state index in [4.69, 9.17) is 0 Å². The van der Waals surface area contributed by atoms with Crippen LogP contribution < -0.4 is 10.6 Å². The summed E-state index contributed by atoms with van der Waals surface area (Å²) < 4.78 is 39.8. The van der Waals surface area contributed by atoms with Crippen LogP contribution in [0.2, 0.25) is 0 Å². The number of hydrogen-bond donors (Lipinski definition) is 2. The molecule has 5 nitrogen and oxygen atoms in total. The van der Waals surface area contributed by atoms with Crippen molar-refractivity contribution in [3.05, 3.63) is 47.3 Å². The highest BCUT2D eigenvalue weighted by Gasteiger charge is 2.19. The first-order chi connectivity index (χ1) is 12.5. The molecule has 1 aliphatic carbocycles. The number of hydrogen-bond acceptors (Lipinski definition) is 4. The maximum absolute atomic E-state index is 13.7. The van der Waals surface area contributed by atoms with Crippen molar-refractivity contribution in [1.29, 1.82) is 0 Å². The zero-order valence-electron chi connectivity index (χ0n) is 14.1. The molecule has 1 aromatic carbocycles. The number of halogens is 3. The van der Waals surface area contributed by atoms with Gasteiger partial charge in [0.1, 0.15) is 5.82 Å². The molecule has 0 bridgehead atoms. The Balaban J connectivity index is 1.63. The Morgan fingerprint density at radius 2 is 1.54 bits per heavy atom. The molecular formula is C18H19F3N4O. The molecular weight excluding hydrogens is 345 g/mol. The SMILES string of the molecule is O=C(Nc1ccc(NC2CCCCCC2)nn1)c1ccc(F)c(F)c1F. The molecule has 26 heavy (non-hydrogen) atoms. The highest BCUT2D eigenvalue weighted by atomic mass is 19.2. The van der Waals surface area contributed by atoms with Gasteiger partial charge in [-0.3, -0.25) is 4.79 Å². The summed E-state index contributed by atoms with van der Waals surface area (Å²) in [6.07, 6.45) is 7.01. The van der Waals surface area contributed by atoms with Gasteiger partial charge in [-0.1, -0.05) is 25.7 Å². The van der Waals surface area contributed by atoms with Crippen molar-refractivity contribution >= 4 is 17.5 Å². The molecule has 1 saturated carbocycles. The van der Waals surface area contributed by atoms with E-state index in [1.54, 1.807) is 6.07 Å². The fraction of sp³-hybridized carbons (Fsp3) is 0.389. The van der Waals surface area contributed by atoms with E-state index in [0.29, 0.717) is 17.9 Å². The van der Waals surface area contributed by atoms with E-state index in [1.807, 2.05) is 0 Å². The first kappa shape index (κ1) is 18.2. The Hall–Kier alpha value is -2.64. The summed E-state index contributed by atoms with van der Waals surface area (Å²) in [7, 11) is 0. The molecule has 138 valence electrons. The summed E-state index contributed by atoms with van der Waals surface area (Å²) in [6, 6.07) is 5.09. The van der Waals surface area contributed by atoms with Crippen LogP contribution in [0.4, 0.5) is 24.8 Å². The van der Waals surface area contributed by atoms with Gasteiger partial charge in [0.15, 0.2) is 23.3 Å². The quantitative estimate of drug-likeness (QED) is 0.628. The zero-order chi connectivity index (χ0) is 18.5. The summed E-state index contributed by atoms with van der Waals surface area (Å²) in [5, 5.41) is 13.5. The minimum absolute atomic E-state index is 0.0885. The number of carbonyl (C=O) groups excluding carboxylic acids is 1. The van der Waals surface area contributed by atoms with E-state index in [1.165, 1.54) is 31.7 Å². The van der Waals surface area contributed by atoms with Gasteiger partial charge in [0.25, 0.3) is 5.91 Å². The lowest BCUT2D eigenvalue weighted by Gasteiger charge is -2.16. The van der Waals surface area contributed by atoms with Gasteiger partial charge in [-0.2, -0.15) is 0 Å². The van der Waals surface area contributed by atoms with Crippen LogP contribution in [0.25, 0.3) is 0 Å². The molecule has 1 heterocycles. The zero-order valence-corrected chi connectivity index (χ0v) is 14.1. The Kier molecular flexibility index (Phi) is 5.70. The standard InChI is InChI=1S/C18H19F3N4O/c19-13-8-7-12(16(20)17(13)21)18(26)23-15-10-9-14(24-25-15)22-11-5-3-1-2-4-6-11/h7-11H,1-6H2,(H,22,24)(H,23,25,26).